The first-order valence-electron chi connectivity index (χ1n) is 17.2. The molecule has 0 aliphatic carbocycles. The van der Waals surface area contributed by atoms with E-state index in [9.17, 15) is 40.6 Å². The van der Waals surface area contributed by atoms with E-state index in [-0.39, 0.29) is 55.6 Å². The van der Waals surface area contributed by atoms with E-state index < -0.39 is 23.6 Å². The molecule has 0 saturated heterocycles. The third-order valence-electron chi connectivity index (χ3n) is 9.87. The number of hydrogen-bond donors (Lipinski definition) is 1. The van der Waals surface area contributed by atoms with Crippen LogP contribution >= 0.6 is 0 Å². The minimum Gasteiger partial charge on any atom is -0.512 e. The minimum atomic E-state index is -6.16. The van der Waals surface area contributed by atoms with Crippen LogP contribution in [0.3, 0.4) is 0 Å². The molecule has 12 heteroatoms. The molecule has 4 aromatic rings. The zero-order chi connectivity index (χ0) is 38.1. The molecule has 0 atom stereocenters. The van der Waals surface area contributed by atoms with Gasteiger partial charge in [0.1, 0.15) is 0 Å². The second kappa shape index (κ2) is 16.7. The summed E-state index contributed by atoms with van der Waals surface area (Å²) in [5, 5.41) is 10.3. The number of carbonyl (C=O) groups is 1. The molecule has 0 unspecified atom stereocenters. The Labute approximate surface area is 314 Å². The van der Waals surface area contributed by atoms with Crippen LogP contribution in [0.25, 0.3) is 33.2 Å². The Morgan fingerprint density at radius 1 is 0.827 bits per heavy atom. The van der Waals surface area contributed by atoms with E-state index in [2.05, 4.69) is 11.1 Å². The van der Waals surface area contributed by atoms with Crippen LogP contribution in [-0.4, -0.2) is 34.9 Å². The summed E-state index contributed by atoms with van der Waals surface area (Å²) in [4.78, 5) is 16.3. The average molecular weight is 905 g/mol. The minimum absolute atomic E-state index is 0. The number of halogens is 7. The van der Waals surface area contributed by atoms with Crippen molar-refractivity contribution in [2.24, 2.45) is 11.8 Å². The van der Waals surface area contributed by atoms with Crippen molar-refractivity contribution >= 4 is 34.2 Å². The van der Waals surface area contributed by atoms with E-state index in [4.69, 9.17) is 0 Å². The number of aromatic nitrogens is 1. The van der Waals surface area contributed by atoms with E-state index in [0.717, 1.165) is 70.5 Å². The van der Waals surface area contributed by atoms with Crippen LogP contribution in [0.15, 0.2) is 66.6 Å². The summed E-state index contributed by atoms with van der Waals surface area (Å²) in [6.07, 6.45) is -5.76. The molecule has 1 aliphatic rings. The van der Waals surface area contributed by atoms with Gasteiger partial charge in [-0.15, -0.1) is 34.9 Å². The van der Waals surface area contributed by atoms with Gasteiger partial charge in [0.25, 0.3) is 0 Å². The molecule has 0 fully saturated rings. The molecular formula is C40H42BF7IrNO2-. The monoisotopic (exact) mass is 905 g/mol. The number of pyridine rings is 1. The van der Waals surface area contributed by atoms with Gasteiger partial charge < -0.3 is 10.1 Å². The van der Waals surface area contributed by atoms with Gasteiger partial charge in [0.2, 0.25) is 6.71 Å². The Kier molecular flexibility index (Phi) is 13.8. The van der Waals surface area contributed by atoms with Crippen LogP contribution in [-0.2, 0) is 30.6 Å². The summed E-state index contributed by atoms with van der Waals surface area (Å²) < 4.78 is 94.5. The van der Waals surface area contributed by atoms with E-state index >= 15 is 0 Å². The van der Waals surface area contributed by atoms with Crippen molar-refractivity contribution in [3.8, 4) is 22.4 Å². The van der Waals surface area contributed by atoms with E-state index in [1.807, 2.05) is 66.6 Å². The van der Waals surface area contributed by atoms with Crippen molar-refractivity contribution < 1.29 is 60.7 Å². The number of alkyl halides is 7. The maximum Gasteiger partial charge on any atom is 0.435 e. The van der Waals surface area contributed by atoms with Crippen molar-refractivity contribution in [2.45, 2.75) is 92.1 Å². The third-order valence-corrected chi connectivity index (χ3v) is 9.87. The average Bonchev–Trinajstić information content (AvgIpc) is 3.36. The van der Waals surface area contributed by atoms with Gasteiger partial charge in [0.05, 0.1) is 5.76 Å². The van der Waals surface area contributed by atoms with Crippen LogP contribution in [0.4, 0.5) is 30.7 Å². The van der Waals surface area contributed by atoms with E-state index in [1.54, 1.807) is 12.3 Å². The molecule has 1 radical (unpaired) electrons. The van der Waals surface area contributed by atoms with Gasteiger partial charge in [0.15, 0.2) is 5.78 Å². The van der Waals surface area contributed by atoms with Crippen molar-refractivity contribution in [2.75, 3.05) is 0 Å². The Morgan fingerprint density at radius 2 is 1.40 bits per heavy atom. The summed E-state index contributed by atoms with van der Waals surface area (Å²) in [5.41, 5.74) is -0.150. The fourth-order valence-electron chi connectivity index (χ4n) is 7.07. The van der Waals surface area contributed by atoms with Crippen LogP contribution in [0, 0.1) is 31.7 Å². The third kappa shape index (κ3) is 8.18. The predicted molar refractivity (Wildman–Crippen MR) is 191 cm³/mol. The molecule has 0 spiro atoms. The molecule has 2 heterocycles. The second-order valence-corrected chi connectivity index (χ2v) is 13.2. The molecule has 3 aromatic carbocycles. The van der Waals surface area contributed by atoms with Crippen molar-refractivity contribution in [3.05, 3.63) is 89.3 Å². The number of aliphatic hydroxyl groups is 1. The molecular weight excluding hydrogens is 862 g/mol. The van der Waals surface area contributed by atoms with Gasteiger partial charge in [-0.05, 0) is 65.4 Å². The van der Waals surface area contributed by atoms with Crippen LogP contribution in [0.2, 0.25) is 6.82 Å². The molecule has 52 heavy (non-hydrogen) atoms. The smallest absolute Gasteiger partial charge is 0.435 e. The normalized spacial score (nSPS) is 13.2. The molecule has 5 rings (SSSR count). The number of nitrogens with zero attached hydrogens (tertiary/aromatic N) is 1. The Balaban J connectivity index is 0.000000389. The Hall–Kier alpha value is -3.50. The summed E-state index contributed by atoms with van der Waals surface area (Å²) in [6, 6.07) is 14.5. The van der Waals surface area contributed by atoms with E-state index in [1.165, 1.54) is 12.1 Å². The van der Waals surface area contributed by atoms with Gasteiger partial charge in [0, 0.05) is 49.8 Å². The first-order chi connectivity index (χ1) is 23.8. The standard InChI is InChI=1S/C27H18BF7N.C13H24O2.Ir/c1-14-10-15(2)12-17(11-14)24-23-21(8-9-36-24)20-6-4-16-13-18(5-7-19(16)22(20)28(23)3)25(29,26(30,31)32)27(33,34)35;1-5-10(6-2)12(14)9-13(15)11(7-3)8-4;/h4-11,13H,1-3H3;9-11,14H,5-8H2,1-4H3;/q-1;;/b;12-9-;. The molecule has 1 N–H and O–H groups in total. The number of carbonyl (C=O) groups excluding carboxylic acids is 1. The number of hydrogen-bond acceptors (Lipinski definition) is 3. The molecule has 1 aliphatic heterocycles. The topological polar surface area (TPSA) is 50.2 Å². The van der Waals surface area contributed by atoms with Crippen molar-refractivity contribution in [1.82, 2.24) is 4.98 Å². The summed E-state index contributed by atoms with van der Waals surface area (Å²) in [7, 11) is 0. The molecule has 0 bridgehead atoms. The summed E-state index contributed by atoms with van der Waals surface area (Å²) >= 11 is 0. The zero-order valence-electron chi connectivity index (χ0n) is 30.1. The quantitative estimate of drug-likeness (QED) is 0.0599. The van der Waals surface area contributed by atoms with Gasteiger partial charge in [-0.3, -0.25) is 4.79 Å². The fraction of sp³-hybridized carbons (Fsp3) is 0.400. The Morgan fingerprint density at radius 3 is 1.94 bits per heavy atom. The van der Waals surface area contributed by atoms with Crippen molar-refractivity contribution in [1.29, 1.82) is 0 Å². The summed E-state index contributed by atoms with van der Waals surface area (Å²) in [6.45, 7) is 13.6. The van der Waals surface area contributed by atoms with Gasteiger partial charge in [-0.25, -0.2) is 4.39 Å². The molecule has 281 valence electrons. The van der Waals surface area contributed by atoms with Gasteiger partial charge >= 0.3 is 18.0 Å². The first kappa shape index (κ1) is 42.9. The number of ketones is 1. The summed E-state index contributed by atoms with van der Waals surface area (Å²) in [5.74, 6) is 0.547. The molecule has 0 saturated carbocycles. The fourth-order valence-corrected chi connectivity index (χ4v) is 7.07. The van der Waals surface area contributed by atoms with Crippen molar-refractivity contribution in [3.63, 3.8) is 0 Å². The number of allylic oxidation sites excluding steroid dienone is 2. The van der Waals surface area contributed by atoms with Crippen LogP contribution in [0.1, 0.15) is 70.1 Å². The van der Waals surface area contributed by atoms with Crippen LogP contribution < -0.4 is 10.9 Å². The number of aryl methyl sites for hydroxylation is 2. The number of rotatable bonds is 9. The SMILES string of the molecule is CB1c2c(ccnc2-c2[c-]c(C)cc(C)c2)-c2ccc3cc(C(F)(C(F)(F)F)C(F)(F)F)ccc3c21.CCC(CC)C(=O)/C=C(\O)C(CC)CC.[Ir]. The zero-order valence-corrected chi connectivity index (χ0v) is 32.5. The maximum absolute atomic E-state index is 14.7. The molecule has 3 nitrogen and oxygen atoms in total. The number of benzene rings is 3. The second-order valence-electron chi connectivity index (χ2n) is 13.2. The Bertz CT molecular complexity index is 1900. The van der Waals surface area contributed by atoms with Crippen LogP contribution in [0.5, 0.6) is 0 Å². The first-order valence-corrected chi connectivity index (χ1v) is 17.2. The maximum atomic E-state index is 14.7. The molecule has 1 aromatic heterocycles. The van der Waals surface area contributed by atoms with Gasteiger partial charge in [-0.2, -0.15) is 26.3 Å². The molecule has 0 amide bonds. The number of aliphatic hydroxyl groups excluding tert-OH is 1. The van der Waals surface area contributed by atoms with Gasteiger partial charge in [-0.1, -0.05) is 83.6 Å². The van der Waals surface area contributed by atoms with E-state index in [0.29, 0.717) is 23.2 Å². The number of fused-ring (bicyclic) bond motifs is 5. The predicted octanol–water partition coefficient (Wildman–Crippen LogP) is 10.7. The largest absolute Gasteiger partial charge is 0.512 e.